The molecule has 0 aliphatic heterocycles. The fourth-order valence-electron chi connectivity index (χ4n) is 2.53. The lowest BCUT2D eigenvalue weighted by atomic mass is 10.2. The van der Waals surface area contributed by atoms with Crippen molar-refractivity contribution in [3.05, 3.63) is 72.9 Å². The smallest absolute Gasteiger partial charge is 0.302 e. The topological polar surface area (TPSA) is 98.7 Å². The van der Waals surface area contributed by atoms with Gasteiger partial charge in [0.25, 0.3) is 5.91 Å². The predicted molar refractivity (Wildman–Crippen MR) is 93.8 cm³/mol. The molecule has 1 amide bonds. The molecule has 0 saturated heterocycles. The first-order valence-electron chi connectivity index (χ1n) is 7.85. The lowest BCUT2D eigenvalue weighted by Gasteiger charge is -2.06. The number of pyridine rings is 2. The molecule has 8 heteroatoms. The Labute approximate surface area is 148 Å². The van der Waals surface area contributed by atoms with Gasteiger partial charge in [-0.1, -0.05) is 6.07 Å². The van der Waals surface area contributed by atoms with Gasteiger partial charge in [-0.15, -0.1) is 0 Å². The molecule has 0 bridgehead atoms. The SMILES string of the molecule is Cc1cccnc1-c1coc(NC(=O)c2nccn2-c2ccncc2)n1. The van der Waals surface area contributed by atoms with Gasteiger partial charge in [0.05, 0.1) is 11.4 Å². The number of oxazole rings is 1. The quantitative estimate of drug-likeness (QED) is 0.610. The third-order valence-electron chi connectivity index (χ3n) is 3.76. The second-order valence-electron chi connectivity index (χ2n) is 5.49. The minimum absolute atomic E-state index is 0.0827. The van der Waals surface area contributed by atoms with Gasteiger partial charge in [0, 0.05) is 31.0 Å². The lowest BCUT2D eigenvalue weighted by Crippen LogP contribution is -2.17. The molecule has 8 nitrogen and oxygen atoms in total. The third-order valence-corrected chi connectivity index (χ3v) is 3.76. The van der Waals surface area contributed by atoms with Gasteiger partial charge in [0.1, 0.15) is 12.0 Å². The fraction of sp³-hybridized carbons (Fsp3) is 0.0556. The zero-order chi connectivity index (χ0) is 17.9. The zero-order valence-electron chi connectivity index (χ0n) is 13.8. The summed E-state index contributed by atoms with van der Waals surface area (Å²) in [6, 6.07) is 7.43. The highest BCUT2D eigenvalue weighted by atomic mass is 16.4. The molecule has 0 unspecified atom stereocenters. The third kappa shape index (κ3) is 2.95. The van der Waals surface area contributed by atoms with Crippen molar-refractivity contribution in [2.45, 2.75) is 6.92 Å². The fourth-order valence-corrected chi connectivity index (χ4v) is 2.53. The van der Waals surface area contributed by atoms with Gasteiger partial charge in [0.2, 0.25) is 5.82 Å². The number of hydrogen-bond acceptors (Lipinski definition) is 6. The summed E-state index contributed by atoms with van der Waals surface area (Å²) >= 11 is 0. The first-order valence-corrected chi connectivity index (χ1v) is 7.85. The maximum absolute atomic E-state index is 12.6. The van der Waals surface area contributed by atoms with E-state index in [9.17, 15) is 4.79 Å². The van der Waals surface area contributed by atoms with Gasteiger partial charge in [-0.25, -0.2) is 4.98 Å². The van der Waals surface area contributed by atoms with E-state index in [0.717, 1.165) is 11.3 Å². The summed E-state index contributed by atoms with van der Waals surface area (Å²) < 4.78 is 7.01. The molecule has 4 aromatic heterocycles. The number of anilines is 1. The zero-order valence-corrected chi connectivity index (χ0v) is 13.8. The number of aryl methyl sites for hydroxylation is 1. The van der Waals surface area contributed by atoms with E-state index in [-0.39, 0.29) is 11.8 Å². The Balaban J connectivity index is 1.57. The number of amides is 1. The van der Waals surface area contributed by atoms with Crippen molar-refractivity contribution in [1.82, 2.24) is 24.5 Å². The second kappa shape index (κ2) is 6.60. The van der Waals surface area contributed by atoms with Crippen LogP contribution in [0.1, 0.15) is 16.2 Å². The molecule has 26 heavy (non-hydrogen) atoms. The van der Waals surface area contributed by atoms with Crippen LogP contribution in [0.2, 0.25) is 0 Å². The molecule has 0 aromatic carbocycles. The molecule has 4 aromatic rings. The summed E-state index contributed by atoms with van der Waals surface area (Å²) in [6.45, 7) is 1.93. The summed E-state index contributed by atoms with van der Waals surface area (Å²) in [5.41, 5.74) is 3.00. The molecule has 0 spiro atoms. The normalized spacial score (nSPS) is 10.7. The Bertz CT molecular complexity index is 1050. The van der Waals surface area contributed by atoms with Crippen LogP contribution >= 0.6 is 0 Å². The van der Waals surface area contributed by atoms with Crippen molar-refractivity contribution in [3.63, 3.8) is 0 Å². The largest absolute Gasteiger partial charge is 0.431 e. The van der Waals surface area contributed by atoms with Crippen LogP contribution in [0.5, 0.6) is 0 Å². The number of rotatable bonds is 4. The first-order chi connectivity index (χ1) is 12.7. The summed E-state index contributed by atoms with van der Waals surface area (Å²) in [5.74, 6) is -0.220. The van der Waals surface area contributed by atoms with E-state index >= 15 is 0 Å². The molecule has 128 valence electrons. The molecule has 1 N–H and O–H groups in total. The predicted octanol–water partition coefficient (Wildman–Crippen LogP) is 2.88. The van der Waals surface area contributed by atoms with Crippen molar-refractivity contribution in [3.8, 4) is 17.1 Å². The summed E-state index contributed by atoms with van der Waals surface area (Å²) in [6.07, 6.45) is 9.68. The average molecular weight is 346 g/mol. The van der Waals surface area contributed by atoms with Crippen LogP contribution in [0, 0.1) is 6.92 Å². The van der Waals surface area contributed by atoms with Gasteiger partial charge < -0.3 is 4.42 Å². The number of aromatic nitrogens is 5. The van der Waals surface area contributed by atoms with Crippen LogP contribution in [0.15, 0.2) is 65.9 Å². The highest BCUT2D eigenvalue weighted by molar-refractivity contribution is 6.01. The number of imidazole rings is 1. The summed E-state index contributed by atoms with van der Waals surface area (Å²) in [7, 11) is 0. The molecule has 0 atom stereocenters. The highest BCUT2D eigenvalue weighted by Gasteiger charge is 2.17. The minimum atomic E-state index is -0.432. The van der Waals surface area contributed by atoms with E-state index in [1.54, 1.807) is 47.7 Å². The Morgan fingerprint density at radius 2 is 1.96 bits per heavy atom. The van der Waals surface area contributed by atoms with E-state index in [4.69, 9.17) is 4.42 Å². The van der Waals surface area contributed by atoms with Crippen molar-refractivity contribution in [1.29, 1.82) is 0 Å². The Kier molecular flexibility index (Phi) is 3.98. The molecule has 4 heterocycles. The lowest BCUT2D eigenvalue weighted by molar-refractivity contribution is 0.101. The van der Waals surface area contributed by atoms with Gasteiger partial charge in [-0.3, -0.25) is 24.6 Å². The van der Waals surface area contributed by atoms with Crippen LogP contribution in [-0.4, -0.2) is 30.4 Å². The van der Waals surface area contributed by atoms with Crippen LogP contribution in [0.25, 0.3) is 17.1 Å². The molecule has 0 aliphatic carbocycles. The second-order valence-corrected chi connectivity index (χ2v) is 5.49. The molecule has 0 radical (unpaired) electrons. The highest BCUT2D eigenvalue weighted by Crippen LogP contribution is 2.22. The number of nitrogens with zero attached hydrogens (tertiary/aromatic N) is 5. The van der Waals surface area contributed by atoms with Crippen molar-refractivity contribution >= 4 is 11.9 Å². The first kappa shape index (κ1) is 15.7. The average Bonchev–Trinajstić information content (AvgIpc) is 3.32. The Hall–Kier alpha value is -3.81. The van der Waals surface area contributed by atoms with E-state index in [1.165, 1.54) is 6.26 Å². The summed E-state index contributed by atoms with van der Waals surface area (Å²) in [4.78, 5) is 29.2. The van der Waals surface area contributed by atoms with Crippen LogP contribution in [0.3, 0.4) is 0 Å². The maximum Gasteiger partial charge on any atom is 0.302 e. The van der Waals surface area contributed by atoms with E-state index in [2.05, 4.69) is 25.3 Å². The van der Waals surface area contributed by atoms with Gasteiger partial charge >= 0.3 is 6.01 Å². The molecular formula is C18H14N6O2. The van der Waals surface area contributed by atoms with Crippen LogP contribution in [0.4, 0.5) is 6.01 Å². The standard InChI is InChI=1S/C18H14N6O2/c1-12-3-2-6-20-15(12)14-11-26-18(22-14)23-17(25)16-21-9-10-24(16)13-4-7-19-8-5-13/h2-11H,1H3,(H,22,23,25). The van der Waals surface area contributed by atoms with Crippen molar-refractivity contribution in [2.24, 2.45) is 0 Å². The van der Waals surface area contributed by atoms with Crippen LogP contribution in [-0.2, 0) is 0 Å². The van der Waals surface area contributed by atoms with Crippen LogP contribution < -0.4 is 5.32 Å². The molecule has 0 aliphatic rings. The number of carbonyl (C=O) groups is 1. The molecule has 4 rings (SSSR count). The molecular weight excluding hydrogens is 332 g/mol. The van der Waals surface area contributed by atoms with Crippen molar-refractivity contribution < 1.29 is 9.21 Å². The van der Waals surface area contributed by atoms with Gasteiger partial charge in [-0.2, -0.15) is 4.98 Å². The molecule has 0 fully saturated rings. The van der Waals surface area contributed by atoms with E-state index < -0.39 is 5.91 Å². The van der Waals surface area contributed by atoms with Crippen molar-refractivity contribution in [2.75, 3.05) is 5.32 Å². The monoisotopic (exact) mass is 346 g/mol. The Morgan fingerprint density at radius 3 is 2.77 bits per heavy atom. The van der Waals surface area contributed by atoms with Gasteiger partial charge in [-0.05, 0) is 30.7 Å². The van der Waals surface area contributed by atoms with E-state index in [1.807, 2.05) is 19.1 Å². The molecule has 0 saturated carbocycles. The Morgan fingerprint density at radius 1 is 1.12 bits per heavy atom. The minimum Gasteiger partial charge on any atom is -0.431 e. The number of nitrogens with one attached hydrogen (secondary N) is 1. The van der Waals surface area contributed by atoms with E-state index in [0.29, 0.717) is 11.4 Å². The summed E-state index contributed by atoms with van der Waals surface area (Å²) in [5, 5.41) is 2.62. The number of carbonyl (C=O) groups excluding carboxylic acids is 1. The number of hydrogen-bond donors (Lipinski definition) is 1. The van der Waals surface area contributed by atoms with Gasteiger partial charge in [0.15, 0.2) is 0 Å². The maximum atomic E-state index is 12.6.